The van der Waals surface area contributed by atoms with Gasteiger partial charge >= 0.3 is 0 Å². The van der Waals surface area contributed by atoms with Crippen molar-refractivity contribution in [3.8, 4) is 0 Å². The van der Waals surface area contributed by atoms with Crippen molar-refractivity contribution >= 4 is 15.9 Å². The highest BCUT2D eigenvalue weighted by molar-refractivity contribution is 9.10. The van der Waals surface area contributed by atoms with E-state index < -0.39 is 0 Å². The summed E-state index contributed by atoms with van der Waals surface area (Å²) in [5.41, 5.74) is 8.41. The van der Waals surface area contributed by atoms with Crippen molar-refractivity contribution in [3.63, 3.8) is 0 Å². The van der Waals surface area contributed by atoms with Crippen molar-refractivity contribution in [1.82, 2.24) is 9.78 Å². The molecule has 90 valence electrons. The van der Waals surface area contributed by atoms with E-state index in [1.165, 1.54) is 0 Å². The largest absolute Gasteiger partial charge is 0.319 e. The quantitative estimate of drug-likeness (QED) is 0.944. The van der Waals surface area contributed by atoms with Gasteiger partial charge in [0.2, 0.25) is 0 Å². The maximum atomic E-state index is 6.27. The fourth-order valence-corrected chi connectivity index (χ4v) is 2.11. The number of hydrogen-bond acceptors (Lipinski definition) is 2. The first-order valence-corrected chi connectivity index (χ1v) is 6.43. The Morgan fingerprint density at radius 1 is 1.18 bits per heavy atom. The van der Waals surface area contributed by atoms with Crippen molar-refractivity contribution in [1.29, 1.82) is 0 Å². The van der Waals surface area contributed by atoms with Crippen LogP contribution in [0.2, 0.25) is 0 Å². The summed E-state index contributed by atoms with van der Waals surface area (Å²) in [5, 5.41) is 4.31. The van der Waals surface area contributed by atoms with Gasteiger partial charge in [-0.1, -0.05) is 28.1 Å². The molecule has 0 bridgehead atoms. The minimum atomic E-state index is -0.131. The van der Waals surface area contributed by atoms with Crippen LogP contribution in [0.15, 0.2) is 41.0 Å². The molecule has 1 aromatic carbocycles. The topological polar surface area (TPSA) is 43.8 Å². The number of nitrogens with zero attached hydrogens (tertiary/aromatic N) is 2. The molecule has 0 spiro atoms. The Labute approximate surface area is 110 Å². The molecule has 0 fully saturated rings. The molecular formula is C13H16BrN3. The average molecular weight is 294 g/mol. The van der Waals surface area contributed by atoms with Gasteiger partial charge < -0.3 is 5.73 Å². The van der Waals surface area contributed by atoms with Crippen LogP contribution in [0.5, 0.6) is 0 Å². The molecule has 3 nitrogen and oxygen atoms in total. The fraction of sp³-hybridized carbons (Fsp3) is 0.308. The van der Waals surface area contributed by atoms with Gasteiger partial charge in [-0.2, -0.15) is 5.10 Å². The van der Waals surface area contributed by atoms with Crippen molar-refractivity contribution in [2.45, 2.75) is 25.9 Å². The molecule has 1 aromatic heterocycles. The molecular weight excluding hydrogens is 278 g/mol. The summed E-state index contributed by atoms with van der Waals surface area (Å²) < 4.78 is 3.03. The molecule has 1 heterocycles. The summed E-state index contributed by atoms with van der Waals surface area (Å²) in [6, 6.07) is 10.2. The van der Waals surface area contributed by atoms with E-state index in [9.17, 15) is 0 Å². The lowest BCUT2D eigenvalue weighted by atomic mass is 10.0. The normalized spacial score (nSPS) is 13.0. The third kappa shape index (κ3) is 2.58. The van der Waals surface area contributed by atoms with Crippen LogP contribution in [-0.2, 0) is 0 Å². The van der Waals surface area contributed by atoms with Crippen LogP contribution in [0, 0.1) is 0 Å². The number of hydrogen-bond donors (Lipinski definition) is 1. The zero-order valence-corrected chi connectivity index (χ0v) is 11.6. The molecule has 0 radical (unpaired) electrons. The van der Waals surface area contributed by atoms with E-state index >= 15 is 0 Å². The molecule has 0 amide bonds. The number of aromatic nitrogens is 2. The minimum absolute atomic E-state index is 0.131. The molecule has 0 aliphatic heterocycles. The summed E-state index contributed by atoms with van der Waals surface area (Å²) in [4.78, 5) is 0. The van der Waals surface area contributed by atoms with Crippen LogP contribution in [0.25, 0.3) is 0 Å². The minimum Gasteiger partial charge on any atom is -0.319 e. The Morgan fingerprint density at radius 2 is 1.82 bits per heavy atom. The van der Waals surface area contributed by atoms with Gasteiger partial charge in [0.15, 0.2) is 0 Å². The van der Waals surface area contributed by atoms with Gasteiger partial charge in [0, 0.05) is 16.7 Å². The predicted octanol–water partition coefficient (Wildman–Crippen LogP) is 3.27. The molecule has 1 unspecified atom stereocenters. The molecule has 2 N–H and O–H groups in total. The number of rotatable bonds is 3. The van der Waals surface area contributed by atoms with E-state index in [0.717, 1.165) is 15.7 Å². The number of nitrogens with two attached hydrogens (primary N) is 1. The Balaban J connectivity index is 2.33. The Hall–Kier alpha value is -1.13. The monoisotopic (exact) mass is 293 g/mol. The van der Waals surface area contributed by atoms with Crippen LogP contribution in [-0.4, -0.2) is 9.78 Å². The third-order valence-corrected chi connectivity index (χ3v) is 3.27. The molecule has 0 saturated carbocycles. The van der Waals surface area contributed by atoms with Gasteiger partial charge in [0.1, 0.15) is 0 Å². The molecule has 0 aliphatic rings. The first-order valence-electron chi connectivity index (χ1n) is 5.64. The van der Waals surface area contributed by atoms with Crippen LogP contribution in [0.3, 0.4) is 0 Å². The van der Waals surface area contributed by atoms with Gasteiger partial charge in [-0.05, 0) is 37.6 Å². The van der Waals surface area contributed by atoms with E-state index in [0.29, 0.717) is 6.04 Å². The van der Waals surface area contributed by atoms with Gasteiger partial charge in [0.25, 0.3) is 0 Å². The lowest BCUT2D eigenvalue weighted by Gasteiger charge is -2.17. The number of benzene rings is 1. The zero-order chi connectivity index (χ0) is 12.4. The van der Waals surface area contributed by atoms with Crippen LogP contribution in [0.1, 0.15) is 37.2 Å². The maximum Gasteiger partial charge on any atom is 0.0723 e. The van der Waals surface area contributed by atoms with Gasteiger partial charge in [-0.25, -0.2) is 0 Å². The summed E-state index contributed by atoms with van der Waals surface area (Å²) in [5.74, 6) is 0. The summed E-state index contributed by atoms with van der Waals surface area (Å²) in [6.07, 6.45) is 1.80. The molecule has 1 atom stereocenters. The first kappa shape index (κ1) is 12.3. The van der Waals surface area contributed by atoms with Crippen LogP contribution in [0.4, 0.5) is 0 Å². The summed E-state index contributed by atoms with van der Waals surface area (Å²) in [7, 11) is 0. The molecule has 4 heteroatoms. The highest BCUT2D eigenvalue weighted by atomic mass is 79.9. The molecule has 0 saturated heterocycles. The van der Waals surface area contributed by atoms with E-state index in [1.54, 1.807) is 6.20 Å². The third-order valence-electron chi connectivity index (χ3n) is 2.74. The van der Waals surface area contributed by atoms with E-state index in [1.807, 2.05) is 35.0 Å². The highest BCUT2D eigenvalue weighted by Gasteiger charge is 2.15. The number of halogens is 1. The summed E-state index contributed by atoms with van der Waals surface area (Å²) in [6.45, 7) is 4.20. The molecule has 17 heavy (non-hydrogen) atoms. The van der Waals surface area contributed by atoms with E-state index in [2.05, 4.69) is 34.9 Å². The van der Waals surface area contributed by atoms with Gasteiger partial charge in [-0.15, -0.1) is 0 Å². The van der Waals surface area contributed by atoms with E-state index in [-0.39, 0.29) is 6.04 Å². The lowest BCUT2D eigenvalue weighted by Crippen LogP contribution is -2.18. The van der Waals surface area contributed by atoms with Crippen molar-refractivity contribution in [3.05, 3.63) is 52.3 Å². The lowest BCUT2D eigenvalue weighted by molar-refractivity contribution is 0.499. The molecule has 2 rings (SSSR count). The van der Waals surface area contributed by atoms with Crippen LogP contribution >= 0.6 is 15.9 Å². The van der Waals surface area contributed by atoms with Crippen LogP contribution < -0.4 is 5.73 Å². The van der Waals surface area contributed by atoms with Crippen molar-refractivity contribution in [2.24, 2.45) is 5.73 Å². The average Bonchev–Trinajstić information content (AvgIpc) is 2.78. The predicted molar refractivity (Wildman–Crippen MR) is 72.8 cm³/mol. The Kier molecular flexibility index (Phi) is 3.64. The smallest absolute Gasteiger partial charge is 0.0723 e. The maximum absolute atomic E-state index is 6.27. The Morgan fingerprint density at radius 3 is 2.41 bits per heavy atom. The van der Waals surface area contributed by atoms with Crippen molar-refractivity contribution < 1.29 is 0 Å². The Bertz CT molecular complexity index is 488. The second-order valence-corrected chi connectivity index (χ2v) is 5.24. The standard InChI is InChI=1S/C13H16BrN3/c1-9(2)17-12(7-8-16-17)13(15)10-3-5-11(14)6-4-10/h3-9,13H,15H2,1-2H3. The van der Waals surface area contributed by atoms with Gasteiger partial charge in [0.05, 0.1) is 11.7 Å². The molecule has 0 aliphatic carbocycles. The summed E-state index contributed by atoms with van der Waals surface area (Å²) >= 11 is 3.42. The van der Waals surface area contributed by atoms with Crippen molar-refractivity contribution in [2.75, 3.05) is 0 Å². The first-order chi connectivity index (χ1) is 8.09. The molecule has 2 aromatic rings. The zero-order valence-electron chi connectivity index (χ0n) is 9.97. The fourth-order valence-electron chi connectivity index (χ4n) is 1.84. The van der Waals surface area contributed by atoms with E-state index in [4.69, 9.17) is 5.73 Å². The SMILES string of the molecule is CC(C)n1nccc1C(N)c1ccc(Br)cc1. The second kappa shape index (κ2) is 5.02. The highest BCUT2D eigenvalue weighted by Crippen LogP contribution is 2.23. The second-order valence-electron chi connectivity index (χ2n) is 4.32. The van der Waals surface area contributed by atoms with Gasteiger partial charge in [-0.3, -0.25) is 4.68 Å².